The zero-order chi connectivity index (χ0) is 13.4. The third kappa shape index (κ3) is 6.02. The van der Waals surface area contributed by atoms with E-state index in [2.05, 4.69) is 35.1 Å². The summed E-state index contributed by atoms with van der Waals surface area (Å²) >= 11 is 3.57. The largest absolute Gasteiger partial charge is 0.493 e. The average Bonchev–Trinajstić information content (AvgIpc) is 2.38. The number of ether oxygens (including phenoxy) is 2. The van der Waals surface area contributed by atoms with E-state index in [1.54, 1.807) is 7.11 Å². The van der Waals surface area contributed by atoms with Crippen molar-refractivity contribution in [1.29, 1.82) is 0 Å². The number of benzene rings is 1. The molecule has 0 radical (unpaired) electrons. The lowest BCUT2D eigenvalue weighted by Gasteiger charge is -2.14. The van der Waals surface area contributed by atoms with Gasteiger partial charge in [0.05, 0.1) is 13.7 Å². The Bertz CT molecular complexity index is 375. The molecule has 0 saturated carbocycles. The molecule has 0 aromatic heterocycles. The quantitative estimate of drug-likeness (QED) is 0.712. The minimum Gasteiger partial charge on any atom is -0.493 e. The predicted octanol–water partition coefficient (Wildman–Crippen LogP) is 4.17. The van der Waals surface area contributed by atoms with E-state index in [0.717, 1.165) is 48.5 Å². The summed E-state index contributed by atoms with van der Waals surface area (Å²) < 4.78 is 12.2. The second-order valence-corrected chi connectivity index (χ2v) is 4.93. The van der Waals surface area contributed by atoms with Crippen molar-refractivity contribution in [1.82, 2.24) is 5.32 Å². The van der Waals surface area contributed by atoms with Crippen LogP contribution in [0.5, 0.6) is 11.5 Å². The van der Waals surface area contributed by atoms with Crippen molar-refractivity contribution in [2.45, 2.75) is 33.2 Å². The molecule has 0 aliphatic heterocycles. The molecule has 0 bridgehead atoms. The van der Waals surface area contributed by atoms with E-state index >= 15 is 0 Å². The van der Waals surface area contributed by atoms with Gasteiger partial charge in [-0.3, -0.25) is 0 Å². The van der Waals surface area contributed by atoms with Crippen LogP contribution in [0, 0.1) is 0 Å². The number of methoxy groups -OCH3 is 1. The normalized spacial score (nSPS) is 9.89. The molecule has 1 N–H and O–H groups in total. The molecule has 110 valence electrons. The maximum absolute atomic E-state index is 5.73. The average molecular weight is 353 g/mol. The summed E-state index contributed by atoms with van der Waals surface area (Å²) in [6, 6.07) is 4.01. The Morgan fingerprint density at radius 2 is 1.95 bits per heavy atom. The summed E-state index contributed by atoms with van der Waals surface area (Å²) in [4.78, 5) is 0. The van der Waals surface area contributed by atoms with Gasteiger partial charge in [-0.25, -0.2) is 0 Å². The van der Waals surface area contributed by atoms with E-state index in [1.165, 1.54) is 5.56 Å². The topological polar surface area (TPSA) is 30.5 Å². The molecule has 0 unspecified atom stereocenters. The van der Waals surface area contributed by atoms with Crippen molar-refractivity contribution in [3.05, 3.63) is 22.2 Å². The molecule has 1 rings (SSSR count). The summed E-state index contributed by atoms with van der Waals surface area (Å²) in [5.41, 5.74) is 1.18. The van der Waals surface area contributed by atoms with E-state index in [1.807, 2.05) is 12.1 Å². The van der Waals surface area contributed by atoms with Crippen molar-refractivity contribution in [2.75, 3.05) is 20.3 Å². The van der Waals surface area contributed by atoms with Crippen LogP contribution >= 0.6 is 28.3 Å². The lowest BCUT2D eigenvalue weighted by atomic mass is 10.2. The van der Waals surface area contributed by atoms with E-state index in [4.69, 9.17) is 9.47 Å². The van der Waals surface area contributed by atoms with Gasteiger partial charge in [-0.15, -0.1) is 12.4 Å². The molecule has 0 spiro atoms. The van der Waals surface area contributed by atoms with Crippen molar-refractivity contribution < 1.29 is 9.47 Å². The monoisotopic (exact) mass is 351 g/mol. The molecule has 1 aromatic rings. The predicted molar refractivity (Wildman–Crippen MR) is 85.7 cm³/mol. The van der Waals surface area contributed by atoms with Gasteiger partial charge in [0.2, 0.25) is 0 Å². The van der Waals surface area contributed by atoms with E-state index in [9.17, 15) is 0 Å². The lowest BCUT2D eigenvalue weighted by molar-refractivity contribution is 0.288. The van der Waals surface area contributed by atoms with E-state index in [-0.39, 0.29) is 12.4 Å². The standard InChI is InChI=1S/C14H22BrNO2.ClH/c1-4-6-7-18-14-9-12(15)11(10-16-5-2)8-13(14)17-3;/h8-9,16H,4-7,10H2,1-3H3;1H. The van der Waals surface area contributed by atoms with Gasteiger partial charge in [0.1, 0.15) is 0 Å². The maximum atomic E-state index is 5.73. The summed E-state index contributed by atoms with van der Waals surface area (Å²) in [7, 11) is 1.67. The zero-order valence-electron chi connectivity index (χ0n) is 11.8. The van der Waals surface area contributed by atoms with Crippen LogP contribution in [0.3, 0.4) is 0 Å². The Kier molecular flexibility index (Phi) is 10.1. The van der Waals surface area contributed by atoms with Gasteiger partial charge in [0.25, 0.3) is 0 Å². The van der Waals surface area contributed by atoms with Crippen molar-refractivity contribution in [3.63, 3.8) is 0 Å². The first-order valence-corrected chi connectivity index (χ1v) is 7.22. The molecule has 3 nitrogen and oxygen atoms in total. The van der Waals surface area contributed by atoms with Gasteiger partial charge in [-0.1, -0.05) is 36.2 Å². The molecule has 19 heavy (non-hydrogen) atoms. The molecule has 0 saturated heterocycles. The maximum Gasteiger partial charge on any atom is 0.162 e. The van der Waals surface area contributed by atoms with Crippen LogP contribution in [0.2, 0.25) is 0 Å². The first-order valence-electron chi connectivity index (χ1n) is 6.42. The fourth-order valence-electron chi connectivity index (χ4n) is 1.57. The van der Waals surface area contributed by atoms with Crippen LogP contribution in [-0.4, -0.2) is 20.3 Å². The number of halogens is 2. The van der Waals surface area contributed by atoms with Gasteiger partial charge < -0.3 is 14.8 Å². The van der Waals surface area contributed by atoms with Crippen molar-refractivity contribution in [3.8, 4) is 11.5 Å². The molecule has 1 aromatic carbocycles. The van der Waals surface area contributed by atoms with E-state index < -0.39 is 0 Å². The first kappa shape index (κ1) is 18.6. The summed E-state index contributed by atoms with van der Waals surface area (Å²) in [5, 5.41) is 3.30. The van der Waals surface area contributed by atoms with Crippen LogP contribution in [-0.2, 0) is 6.54 Å². The molecule has 0 atom stereocenters. The van der Waals surface area contributed by atoms with Crippen LogP contribution in [0.1, 0.15) is 32.3 Å². The minimum absolute atomic E-state index is 0. The molecule has 0 aliphatic rings. The Hall–Kier alpha value is -0.450. The van der Waals surface area contributed by atoms with Crippen LogP contribution < -0.4 is 14.8 Å². The molecule has 0 fully saturated rings. The number of hydrogen-bond donors (Lipinski definition) is 1. The van der Waals surface area contributed by atoms with Gasteiger partial charge in [0, 0.05) is 11.0 Å². The molecular weight excluding hydrogens is 330 g/mol. The molecule has 5 heteroatoms. The van der Waals surface area contributed by atoms with Gasteiger partial charge in [-0.2, -0.15) is 0 Å². The number of unbranched alkanes of at least 4 members (excludes halogenated alkanes) is 1. The fraction of sp³-hybridized carbons (Fsp3) is 0.571. The third-order valence-electron chi connectivity index (χ3n) is 2.65. The Morgan fingerprint density at radius 1 is 1.21 bits per heavy atom. The number of rotatable bonds is 8. The van der Waals surface area contributed by atoms with Crippen LogP contribution in [0.25, 0.3) is 0 Å². The Morgan fingerprint density at radius 3 is 2.53 bits per heavy atom. The van der Waals surface area contributed by atoms with Gasteiger partial charge in [0.15, 0.2) is 11.5 Å². The van der Waals surface area contributed by atoms with E-state index in [0.29, 0.717) is 0 Å². The molecule has 0 heterocycles. The number of hydrogen-bond acceptors (Lipinski definition) is 3. The Balaban J connectivity index is 0.00000324. The molecule has 0 aliphatic carbocycles. The highest BCUT2D eigenvalue weighted by Crippen LogP contribution is 2.33. The highest BCUT2D eigenvalue weighted by Gasteiger charge is 2.09. The second-order valence-electron chi connectivity index (χ2n) is 4.08. The van der Waals surface area contributed by atoms with Gasteiger partial charge in [-0.05, 0) is 30.7 Å². The third-order valence-corrected chi connectivity index (χ3v) is 3.39. The summed E-state index contributed by atoms with van der Waals surface area (Å²) in [5.74, 6) is 1.60. The highest BCUT2D eigenvalue weighted by molar-refractivity contribution is 9.10. The number of nitrogens with one attached hydrogen (secondary N) is 1. The van der Waals surface area contributed by atoms with Gasteiger partial charge >= 0.3 is 0 Å². The summed E-state index contributed by atoms with van der Waals surface area (Å²) in [6.07, 6.45) is 2.18. The van der Waals surface area contributed by atoms with Crippen molar-refractivity contribution >= 4 is 28.3 Å². The van der Waals surface area contributed by atoms with Crippen molar-refractivity contribution in [2.24, 2.45) is 0 Å². The molecular formula is C14H23BrClNO2. The first-order chi connectivity index (χ1) is 8.72. The lowest BCUT2D eigenvalue weighted by Crippen LogP contribution is -2.12. The Labute approximate surface area is 130 Å². The second kappa shape index (κ2) is 10.4. The zero-order valence-corrected chi connectivity index (χ0v) is 14.2. The fourth-order valence-corrected chi connectivity index (χ4v) is 2.03. The van der Waals surface area contributed by atoms with Crippen LogP contribution in [0.15, 0.2) is 16.6 Å². The SMILES string of the molecule is CCCCOc1cc(Br)c(CNCC)cc1OC.Cl. The smallest absolute Gasteiger partial charge is 0.162 e. The van der Waals surface area contributed by atoms with Crippen LogP contribution in [0.4, 0.5) is 0 Å². The summed E-state index contributed by atoms with van der Waals surface area (Å²) in [6.45, 7) is 6.74. The molecule has 0 amide bonds. The minimum atomic E-state index is 0. The highest BCUT2D eigenvalue weighted by atomic mass is 79.9.